The van der Waals surface area contributed by atoms with Gasteiger partial charge in [-0.3, -0.25) is 9.59 Å². The SMILES string of the molecule is O=Cc1cc(C(=O)N2CCCCC2)cs1. The molecule has 0 aromatic carbocycles. The number of thiophene rings is 1. The maximum absolute atomic E-state index is 11.9. The first-order chi connectivity index (χ1) is 7.31. The number of nitrogens with zero attached hydrogens (tertiary/aromatic N) is 1. The largest absolute Gasteiger partial charge is 0.339 e. The summed E-state index contributed by atoms with van der Waals surface area (Å²) in [5.74, 6) is 0.0686. The van der Waals surface area contributed by atoms with Crippen LogP contribution in [-0.4, -0.2) is 30.2 Å². The Labute approximate surface area is 92.7 Å². The highest BCUT2D eigenvalue weighted by Crippen LogP contribution is 2.17. The van der Waals surface area contributed by atoms with E-state index in [0.29, 0.717) is 10.4 Å². The molecule has 15 heavy (non-hydrogen) atoms. The normalized spacial score (nSPS) is 16.4. The summed E-state index contributed by atoms with van der Waals surface area (Å²) in [7, 11) is 0. The standard InChI is InChI=1S/C11H13NO2S/c13-7-10-6-9(8-15-10)11(14)12-4-2-1-3-5-12/h6-8H,1-5H2. The highest BCUT2D eigenvalue weighted by Gasteiger charge is 2.18. The van der Waals surface area contributed by atoms with Crippen molar-refractivity contribution in [3.63, 3.8) is 0 Å². The Hall–Kier alpha value is -1.16. The van der Waals surface area contributed by atoms with Crippen LogP contribution < -0.4 is 0 Å². The maximum Gasteiger partial charge on any atom is 0.254 e. The van der Waals surface area contributed by atoms with Crippen molar-refractivity contribution in [1.29, 1.82) is 0 Å². The summed E-state index contributed by atoms with van der Waals surface area (Å²) >= 11 is 1.33. The first kappa shape index (κ1) is 10.4. The van der Waals surface area contributed by atoms with E-state index in [-0.39, 0.29) is 5.91 Å². The molecule has 0 unspecified atom stereocenters. The van der Waals surface area contributed by atoms with E-state index < -0.39 is 0 Å². The van der Waals surface area contributed by atoms with Crippen LogP contribution in [0, 0.1) is 0 Å². The average molecular weight is 223 g/mol. The fourth-order valence-corrected chi connectivity index (χ4v) is 2.49. The molecule has 3 nitrogen and oxygen atoms in total. The van der Waals surface area contributed by atoms with Crippen molar-refractivity contribution < 1.29 is 9.59 Å². The lowest BCUT2D eigenvalue weighted by atomic mass is 10.1. The van der Waals surface area contributed by atoms with Crippen molar-refractivity contribution in [2.24, 2.45) is 0 Å². The van der Waals surface area contributed by atoms with Gasteiger partial charge in [0.25, 0.3) is 5.91 Å². The second-order valence-corrected chi connectivity index (χ2v) is 4.65. The lowest BCUT2D eigenvalue weighted by Crippen LogP contribution is -2.35. The number of hydrogen-bond acceptors (Lipinski definition) is 3. The van der Waals surface area contributed by atoms with Gasteiger partial charge in [0.1, 0.15) is 0 Å². The van der Waals surface area contributed by atoms with Gasteiger partial charge in [0.2, 0.25) is 0 Å². The number of carbonyl (C=O) groups excluding carboxylic acids is 2. The lowest BCUT2D eigenvalue weighted by Gasteiger charge is -2.26. The molecule has 0 bridgehead atoms. The number of amides is 1. The van der Waals surface area contributed by atoms with E-state index in [1.807, 2.05) is 4.90 Å². The molecule has 1 aliphatic heterocycles. The van der Waals surface area contributed by atoms with E-state index in [0.717, 1.165) is 32.2 Å². The van der Waals surface area contributed by atoms with Crippen LogP contribution in [0.1, 0.15) is 39.3 Å². The number of carbonyl (C=O) groups is 2. The molecule has 80 valence electrons. The van der Waals surface area contributed by atoms with E-state index in [4.69, 9.17) is 0 Å². The smallest absolute Gasteiger partial charge is 0.254 e. The third-order valence-corrected chi connectivity index (χ3v) is 3.48. The Bertz CT molecular complexity index is 366. The monoisotopic (exact) mass is 223 g/mol. The van der Waals surface area contributed by atoms with E-state index in [2.05, 4.69) is 0 Å². The van der Waals surface area contributed by atoms with Crippen LogP contribution in [0.15, 0.2) is 11.4 Å². The van der Waals surface area contributed by atoms with Crippen LogP contribution in [0.2, 0.25) is 0 Å². The maximum atomic E-state index is 11.9. The molecule has 1 amide bonds. The third kappa shape index (κ3) is 2.26. The molecule has 1 saturated heterocycles. The first-order valence-corrected chi connectivity index (χ1v) is 6.02. The Morgan fingerprint density at radius 3 is 2.67 bits per heavy atom. The van der Waals surface area contributed by atoms with Gasteiger partial charge in [-0.15, -0.1) is 11.3 Å². The summed E-state index contributed by atoms with van der Waals surface area (Å²) < 4.78 is 0. The minimum Gasteiger partial charge on any atom is -0.339 e. The third-order valence-electron chi connectivity index (χ3n) is 2.63. The van der Waals surface area contributed by atoms with Gasteiger partial charge in [-0.25, -0.2) is 0 Å². The van der Waals surface area contributed by atoms with E-state index in [1.165, 1.54) is 17.8 Å². The van der Waals surface area contributed by atoms with Gasteiger partial charge >= 0.3 is 0 Å². The van der Waals surface area contributed by atoms with Gasteiger partial charge in [0.15, 0.2) is 6.29 Å². The van der Waals surface area contributed by atoms with Crippen LogP contribution in [-0.2, 0) is 0 Å². The molecule has 2 heterocycles. The van der Waals surface area contributed by atoms with Crippen LogP contribution in [0.25, 0.3) is 0 Å². The fraction of sp³-hybridized carbons (Fsp3) is 0.455. The topological polar surface area (TPSA) is 37.4 Å². The number of piperidine rings is 1. The molecule has 2 rings (SSSR count). The van der Waals surface area contributed by atoms with Crippen molar-refractivity contribution in [3.8, 4) is 0 Å². The molecule has 0 saturated carbocycles. The molecule has 0 spiro atoms. The minimum atomic E-state index is 0.0686. The van der Waals surface area contributed by atoms with Gasteiger partial charge in [-0.1, -0.05) is 0 Å². The zero-order valence-corrected chi connectivity index (χ0v) is 9.26. The molecule has 1 aliphatic rings. The molecule has 4 heteroatoms. The predicted octanol–water partition coefficient (Wildman–Crippen LogP) is 2.19. The Balaban J connectivity index is 2.08. The molecule has 0 N–H and O–H groups in total. The van der Waals surface area contributed by atoms with E-state index >= 15 is 0 Å². The highest BCUT2D eigenvalue weighted by atomic mass is 32.1. The second kappa shape index (κ2) is 4.57. The quantitative estimate of drug-likeness (QED) is 0.721. The molecule has 1 fully saturated rings. The van der Waals surface area contributed by atoms with Crippen molar-refractivity contribution in [1.82, 2.24) is 4.90 Å². The zero-order valence-electron chi connectivity index (χ0n) is 8.44. The minimum absolute atomic E-state index is 0.0686. The highest BCUT2D eigenvalue weighted by molar-refractivity contribution is 7.12. The fourth-order valence-electron chi connectivity index (χ4n) is 1.81. The number of aldehydes is 1. The summed E-state index contributed by atoms with van der Waals surface area (Å²) in [6, 6.07) is 1.68. The van der Waals surface area contributed by atoms with Gasteiger partial charge in [-0.2, -0.15) is 0 Å². The van der Waals surface area contributed by atoms with E-state index in [9.17, 15) is 9.59 Å². The lowest BCUT2D eigenvalue weighted by molar-refractivity contribution is 0.0725. The molecule has 1 aromatic heterocycles. The summed E-state index contributed by atoms with van der Waals surface area (Å²) in [6.07, 6.45) is 4.19. The summed E-state index contributed by atoms with van der Waals surface area (Å²) in [4.78, 5) is 24.9. The number of likely N-dealkylation sites (tertiary alicyclic amines) is 1. The van der Waals surface area contributed by atoms with E-state index in [1.54, 1.807) is 11.4 Å². The number of rotatable bonds is 2. The Morgan fingerprint density at radius 2 is 2.07 bits per heavy atom. The number of hydrogen-bond donors (Lipinski definition) is 0. The second-order valence-electron chi connectivity index (χ2n) is 3.71. The Morgan fingerprint density at radius 1 is 1.33 bits per heavy atom. The van der Waals surface area contributed by atoms with Gasteiger partial charge in [-0.05, 0) is 25.3 Å². The van der Waals surface area contributed by atoms with Crippen molar-refractivity contribution in [3.05, 3.63) is 21.9 Å². The van der Waals surface area contributed by atoms with Crippen LogP contribution in [0.4, 0.5) is 0 Å². The average Bonchev–Trinajstić information content (AvgIpc) is 2.78. The van der Waals surface area contributed by atoms with Crippen LogP contribution in [0.5, 0.6) is 0 Å². The molecular weight excluding hydrogens is 210 g/mol. The van der Waals surface area contributed by atoms with Crippen molar-refractivity contribution >= 4 is 23.5 Å². The van der Waals surface area contributed by atoms with Crippen molar-refractivity contribution in [2.45, 2.75) is 19.3 Å². The van der Waals surface area contributed by atoms with Crippen LogP contribution >= 0.6 is 11.3 Å². The first-order valence-electron chi connectivity index (χ1n) is 5.14. The predicted molar refractivity (Wildman–Crippen MR) is 59.5 cm³/mol. The molecular formula is C11H13NO2S. The van der Waals surface area contributed by atoms with Crippen LogP contribution in [0.3, 0.4) is 0 Å². The molecule has 0 radical (unpaired) electrons. The van der Waals surface area contributed by atoms with Gasteiger partial charge in [0.05, 0.1) is 10.4 Å². The molecule has 0 aliphatic carbocycles. The summed E-state index contributed by atoms with van der Waals surface area (Å²) in [6.45, 7) is 1.70. The zero-order chi connectivity index (χ0) is 10.7. The van der Waals surface area contributed by atoms with Crippen molar-refractivity contribution in [2.75, 3.05) is 13.1 Å². The summed E-state index contributed by atoms with van der Waals surface area (Å²) in [5, 5.41) is 1.76. The van der Waals surface area contributed by atoms with Gasteiger partial charge < -0.3 is 4.90 Å². The molecule has 1 aromatic rings. The van der Waals surface area contributed by atoms with Gasteiger partial charge in [0, 0.05) is 18.5 Å². The molecule has 0 atom stereocenters. The summed E-state index contributed by atoms with van der Waals surface area (Å²) in [5.41, 5.74) is 0.656. The Kier molecular flexibility index (Phi) is 3.16.